The van der Waals surface area contributed by atoms with E-state index in [2.05, 4.69) is 35.6 Å². The van der Waals surface area contributed by atoms with Gasteiger partial charge in [0, 0.05) is 69.4 Å². The SMILES string of the molecule is CC(C)(C)C(c1cc(-c2cc(F)ccc2F)cn1Cc1ccccc1)N(CCCNC(=O)OCC[Si](C)(C)C)C(=O)CSCC(NC(=O)CCOCCOCCOCCOCCNC(=O)CN)C(=O)O. The first-order valence-electron chi connectivity index (χ1n) is 23.6. The Bertz CT molecular complexity index is 2070. The lowest BCUT2D eigenvalue weighted by atomic mass is 9.83. The second-order valence-electron chi connectivity index (χ2n) is 18.7. The van der Waals surface area contributed by atoms with E-state index >= 15 is 4.39 Å². The van der Waals surface area contributed by atoms with Crippen molar-refractivity contribution in [2.75, 3.05) is 97.1 Å². The lowest BCUT2D eigenvalue weighted by molar-refractivity contribution is -0.141. The van der Waals surface area contributed by atoms with E-state index < -0.39 is 55.2 Å². The summed E-state index contributed by atoms with van der Waals surface area (Å²) >= 11 is 1.06. The molecule has 0 aliphatic heterocycles. The van der Waals surface area contributed by atoms with Gasteiger partial charge in [-0.25, -0.2) is 18.4 Å². The van der Waals surface area contributed by atoms with Gasteiger partial charge in [0.1, 0.15) is 17.7 Å². The van der Waals surface area contributed by atoms with Crippen LogP contribution in [0.4, 0.5) is 13.6 Å². The highest BCUT2D eigenvalue weighted by atomic mass is 32.2. The first-order valence-corrected chi connectivity index (χ1v) is 28.4. The summed E-state index contributed by atoms with van der Waals surface area (Å²) in [5.41, 5.74) is 6.66. The summed E-state index contributed by atoms with van der Waals surface area (Å²) < 4.78 is 58.9. The number of carboxylic acids is 1. The van der Waals surface area contributed by atoms with E-state index in [0.29, 0.717) is 70.4 Å². The molecule has 2 unspecified atom stereocenters. The quantitative estimate of drug-likeness (QED) is 0.0359. The van der Waals surface area contributed by atoms with Crippen molar-refractivity contribution in [1.82, 2.24) is 25.4 Å². The average molecular weight is 1020 g/mol. The van der Waals surface area contributed by atoms with Gasteiger partial charge in [-0.1, -0.05) is 70.7 Å². The topological polar surface area (TPSA) is 222 Å². The number of nitrogens with zero attached hydrogens (tertiary/aromatic N) is 2. The number of hydrogen-bond acceptors (Lipinski definition) is 12. The van der Waals surface area contributed by atoms with Crippen molar-refractivity contribution in [2.24, 2.45) is 11.1 Å². The molecule has 390 valence electrons. The molecule has 0 fully saturated rings. The molecule has 2 atom stereocenters. The van der Waals surface area contributed by atoms with E-state index in [1.54, 1.807) is 17.2 Å². The van der Waals surface area contributed by atoms with Crippen LogP contribution >= 0.6 is 11.8 Å². The van der Waals surface area contributed by atoms with Crippen LogP contribution in [0.15, 0.2) is 60.8 Å². The number of halogens is 2. The number of hydrogen-bond donors (Lipinski definition) is 5. The lowest BCUT2D eigenvalue weighted by Crippen LogP contribution is -2.45. The summed E-state index contributed by atoms with van der Waals surface area (Å²) in [6.45, 7) is 16.0. The number of nitrogens with one attached hydrogen (secondary N) is 3. The molecule has 2 aromatic carbocycles. The van der Waals surface area contributed by atoms with Crippen molar-refractivity contribution in [2.45, 2.75) is 77.9 Å². The number of amides is 4. The number of alkyl carbamates (subject to hydrolysis) is 1. The number of carbonyl (C=O) groups excluding carboxylic acids is 4. The third-order valence-electron chi connectivity index (χ3n) is 10.5. The Balaban J connectivity index is 1.65. The molecule has 4 amide bonds. The van der Waals surface area contributed by atoms with Crippen molar-refractivity contribution in [3.63, 3.8) is 0 Å². The molecule has 6 N–H and O–H groups in total. The minimum absolute atomic E-state index is 0.0283. The Kier molecular flexibility index (Phi) is 26.7. The molecule has 21 heteroatoms. The fraction of sp³-hybridized carbons (Fsp3) is 0.571. The number of aliphatic carboxylic acids is 1. The zero-order chi connectivity index (χ0) is 51.5. The fourth-order valence-electron chi connectivity index (χ4n) is 7.00. The molecule has 0 saturated heterocycles. The number of rotatable bonds is 34. The van der Waals surface area contributed by atoms with Crippen molar-refractivity contribution >= 4 is 49.6 Å². The molecular formula is C49H74F2N6O11SSi. The highest BCUT2D eigenvalue weighted by Crippen LogP contribution is 2.41. The van der Waals surface area contributed by atoms with Crippen LogP contribution in [0, 0.1) is 17.0 Å². The monoisotopic (exact) mass is 1020 g/mol. The van der Waals surface area contributed by atoms with E-state index in [9.17, 15) is 33.5 Å². The van der Waals surface area contributed by atoms with Crippen LogP contribution in [0.25, 0.3) is 11.1 Å². The maximum absolute atomic E-state index is 15.3. The average Bonchev–Trinajstić information content (AvgIpc) is 3.70. The van der Waals surface area contributed by atoms with E-state index in [0.717, 1.165) is 41.6 Å². The van der Waals surface area contributed by atoms with Crippen molar-refractivity contribution < 1.29 is 61.5 Å². The first kappa shape index (κ1) is 59.4. The van der Waals surface area contributed by atoms with Gasteiger partial charge in [0.15, 0.2) is 0 Å². The minimum Gasteiger partial charge on any atom is -0.480 e. The molecule has 0 bridgehead atoms. The summed E-state index contributed by atoms with van der Waals surface area (Å²) in [6, 6.07) is 13.5. The molecule has 1 aromatic heterocycles. The highest BCUT2D eigenvalue weighted by molar-refractivity contribution is 8.00. The van der Waals surface area contributed by atoms with Crippen molar-refractivity contribution in [3.8, 4) is 11.1 Å². The van der Waals surface area contributed by atoms with Crippen LogP contribution in [0.1, 0.15) is 50.9 Å². The molecule has 0 aliphatic carbocycles. The van der Waals surface area contributed by atoms with Gasteiger partial charge in [-0.3, -0.25) is 14.4 Å². The van der Waals surface area contributed by atoms with E-state index in [1.807, 2.05) is 55.7 Å². The van der Waals surface area contributed by atoms with Crippen LogP contribution in [0.3, 0.4) is 0 Å². The molecule has 3 rings (SSSR count). The Hall–Kier alpha value is -4.90. The Morgan fingerprint density at radius 2 is 1.47 bits per heavy atom. The Labute approximate surface area is 416 Å². The summed E-state index contributed by atoms with van der Waals surface area (Å²) in [4.78, 5) is 65.0. The van der Waals surface area contributed by atoms with Gasteiger partial charge < -0.3 is 59.9 Å². The molecule has 0 radical (unpaired) electrons. The third-order valence-corrected chi connectivity index (χ3v) is 13.2. The predicted molar refractivity (Wildman–Crippen MR) is 268 cm³/mol. The van der Waals surface area contributed by atoms with Crippen LogP contribution < -0.4 is 21.7 Å². The van der Waals surface area contributed by atoms with Gasteiger partial charge in [-0.05, 0) is 47.7 Å². The van der Waals surface area contributed by atoms with Crippen LogP contribution in [-0.2, 0) is 49.4 Å². The second kappa shape index (κ2) is 31.4. The van der Waals surface area contributed by atoms with E-state index in [4.69, 9.17) is 29.4 Å². The maximum Gasteiger partial charge on any atom is 0.407 e. The second-order valence-corrected chi connectivity index (χ2v) is 25.4. The molecule has 0 saturated carbocycles. The smallest absolute Gasteiger partial charge is 0.407 e. The summed E-state index contributed by atoms with van der Waals surface area (Å²) in [5, 5.41) is 17.9. The molecular weight excluding hydrogens is 947 g/mol. The first-order chi connectivity index (χ1) is 33.3. The van der Waals surface area contributed by atoms with Gasteiger partial charge in [0.25, 0.3) is 0 Å². The fourth-order valence-corrected chi connectivity index (χ4v) is 8.63. The molecule has 0 aliphatic rings. The van der Waals surface area contributed by atoms with Gasteiger partial charge in [0.05, 0.1) is 77.8 Å². The normalized spacial score (nSPS) is 12.5. The Morgan fingerprint density at radius 1 is 0.829 bits per heavy atom. The molecule has 17 nitrogen and oxygen atoms in total. The standard InChI is InChI=1S/C49H74F2N6O11SSi/c1-49(2,3)46(42-29-37(39-30-38(50)13-14-40(39)51)33-56(42)32-36-11-8-7-9-12-36)57(18-10-16-54-48(63)68-27-28-70(4,5)6)45(60)35-69-34-41(47(61)62)55-43(58)15-19-64-21-23-66-25-26-67-24-22-65-20-17-53-44(59)31-52/h7-9,11-14,29-30,33,41,46H,10,15-28,31-32,34-35,52H2,1-6H3,(H,53,59)(H,54,63)(H,55,58)(H,61,62). The number of thioether (sulfide) groups is 1. The molecule has 1 heterocycles. The minimum atomic E-state index is -1.43. The number of carbonyl (C=O) groups is 5. The van der Waals surface area contributed by atoms with Crippen molar-refractivity contribution in [3.05, 3.63) is 83.7 Å². The molecule has 0 spiro atoms. The number of ether oxygens (including phenoxy) is 5. The van der Waals surface area contributed by atoms with Crippen LogP contribution in [-0.4, -0.2) is 156 Å². The van der Waals surface area contributed by atoms with Crippen LogP contribution in [0.5, 0.6) is 0 Å². The summed E-state index contributed by atoms with van der Waals surface area (Å²) in [5.74, 6) is -3.86. The summed E-state index contributed by atoms with van der Waals surface area (Å²) in [7, 11) is -1.43. The van der Waals surface area contributed by atoms with Crippen LogP contribution in [0.2, 0.25) is 25.7 Å². The molecule has 70 heavy (non-hydrogen) atoms. The number of benzene rings is 2. The number of aromatic nitrogens is 1. The van der Waals surface area contributed by atoms with Gasteiger partial charge in [-0.15, -0.1) is 11.8 Å². The zero-order valence-electron chi connectivity index (χ0n) is 41.5. The van der Waals surface area contributed by atoms with E-state index in [1.165, 1.54) is 0 Å². The lowest BCUT2D eigenvalue weighted by Gasteiger charge is -2.41. The molecule has 3 aromatic rings. The van der Waals surface area contributed by atoms with E-state index in [-0.39, 0.29) is 74.8 Å². The maximum atomic E-state index is 15.3. The third kappa shape index (κ3) is 23.3. The number of nitrogens with two attached hydrogens (primary N) is 1. The zero-order valence-corrected chi connectivity index (χ0v) is 43.3. The van der Waals surface area contributed by atoms with Gasteiger partial charge >= 0.3 is 12.1 Å². The predicted octanol–water partition coefficient (Wildman–Crippen LogP) is 5.69. The summed E-state index contributed by atoms with van der Waals surface area (Å²) in [6.07, 6.45) is 1.44. The van der Waals surface area contributed by atoms with Gasteiger partial charge in [-0.2, -0.15) is 0 Å². The van der Waals surface area contributed by atoms with Gasteiger partial charge in [0.2, 0.25) is 17.7 Å². The Morgan fingerprint density at radius 3 is 2.09 bits per heavy atom. The largest absolute Gasteiger partial charge is 0.480 e. The number of carboxylic acid groups (broad SMARTS) is 1. The highest BCUT2D eigenvalue weighted by Gasteiger charge is 2.37. The van der Waals surface area contributed by atoms with Crippen molar-refractivity contribution in [1.29, 1.82) is 0 Å².